The van der Waals surface area contributed by atoms with E-state index in [9.17, 15) is 4.79 Å². The smallest absolute Gasteiger partial charge is 0.407 e. The summed E-state index contributed by atoms with van der Waals surface area (Å²) in [6, 6.07) is 0. The first-order valence-electron chi connectivity index (χ1n) is 6.23. The molecule has 1 aliphatic heterocycles. The van der Waals surface area contributed by atoms with Crippen LogP contribution in [0.1, 0.15) is 34.6 Å². The van der Waals surface area contributed by atoms with E-state index >= 15 is 0 Å². The number of epoxide rings is 1. The Morgan fingerprint density at radius 3 is 2.41 bits per heavy atom. The predicted octanol–water partition coefficient (Wildman–Crippen LogP) is 1.58. The molecular formula is C12H24N2O3. The van der Waals surface area contributed by atoms with E-state index in [0.717, 1.165) is 13.1 Å². The van der Waals surface area contributed by atoms with Gasteiger partial charge in [0.05, 0.1) is 6.54 Å². The second-order valence-corrected chi connectivity index (χ2v) is 5.17. The van der Waals surface area contributed by atoms with Gasteiger partial charge in [0.1, 0.15) is 17.9 Å². The molecular weight excluding hydrogens is 220 g/mol. The average Bonchev–Trinajstić information content (AvgIpc) is 2.94. The van der Waals surface area contributed by atoms with Gasteiger partial charge in [-0.15, -0.1) is 0 Å². The maximum atomic E-state index is 11.4. The van der Waals surface area contributed by atoms with Crippen LogP contribution in [0.5, 0.6) is 0 Å². The van der Waals surface area contributed by atoms with E-state index in [1.54, 1.807) is 0 Å². The first-order chi connectivity index (χ1) is 7.87. The standard InChI is InChI=1S/C12H24N2O3/c1-6-14(7-2)10-9(16-10)8-13-11(15)17-12(3,4)5/h9-10H,6-8H2,1-5H3,(H,13,15). The Morgan fingerprint density at radius 1 is 1.35 bits per heavy atom. The molecule has 1 aliphatic rings. The zero-order valence-electron chi connectivity index (χ0n) is 11.4. The van der Waals surface area contributed by atoms with Gasteiger partial charge in [0.15, 0.2) is 0 Å². The summed E-state index contributed by atoms with van der Waals surface area (Å²) in [6.45, 7) is 12.2. The number of rotatable bonds is 5. The molecule has 1 rings (SSSR count). The van der Waals surface area contributed by atoms with Crippen molar-refractivity contribution in [1.82, 2.24) is 10.2 Å². The van der Waals surface area contributed by atoms with Crippen LogP contribution in [0, 0.1) is 0 Å². The third kappa shape index (κ3) is 4.91. The molecule has 5 nitrogen and oxygen atoms in total. The molecule has 0 aromatic carbocycles. The third-order valence-electron chi connectivity index (χ3n) is 2.57. The lowest BCUT2D eigenvalue weighted by Gasteiger charge is -2.19. The van der Waals surface area contributed by atoms with E-state index in [4.69, 9.17) is 9.47 Å². The highest BCUT2D eigenvalue weighted by Crippen LogP contribution is 2.24. The van der Waals surface area contributed by atoms with Gasteiger partial charge < -0.3 is 14.8 Å². The van der Waals surface area contributed by atoms with E-state index < -0.39 is 5.60 Å². The SMILES string of the molecule is CCN(CC)C1OC1CNC(=O)OC(C)(C)C. The number of likely N-dealkylation sites (N-methyl/N-ethyl adjacent to an activating group) is 1. The number of nitrogens with one attached hydrogen (secondary N) is 1. The lowest BCUT2D eigenvalue weighted by molar-refractivity contribution is 0.0524. The minimum absolute atomic E-state index is 0.0995. The average molecular weight is 244 g/mol. The summed E-state index contributed by atoms with van der Waals surface area (Å²) in [5.41, 5.74) is -0.452. The molecule has 2 atom stereocenters. The van der Waals surface area contributed by atoms with Crippen molar-refractivity contribution in [2.24, 2.45) is 0 Å². The lowest BCUT2D eigenvalue weighted by Crippen LogP contribution is -2.36. The Bertz CT molecular complexity index is 259. The van der Waals surface area contributed by atoms with Crippen LogP contribution in [0.2, 0.25) is 0 Å². The Balaban J connectivity index is 2.19. The van der Waals surface area contributed by atoms with Gasteiger partial charge in [-0.25, -0.2) is 4.79 Å². The molecule has 0 saturated carbocycles. The molecule has 0 aromatic rings. The van der Waals surface area contributed by atoms with E-state index in [1.807, 2.05) is 20.8 Å². The fourth-order valence-corrected chi connectivity index (χ4v) is 1.69. The van der Waals surface area contributed by atoms with Crippen molar-refractivity contribution in [2.75, 3.05) is 19.6 Å². The molecule has 0 radical (unpaired) electrons. The molecule has 1 saturated heterocycles. The maximum absolute atomic E-state index is 11.4. The van der Waals surface area contributed by atoms with Crippen LogP contribution in [-0.2, 0) is 9.47 Å². The van der Waals surface area contributed by atoms with Gasteiger partial charge in [-0.2, -0.15) is 0 Å². The molecule has 0 aliphatic carbocycles. The molecule has 17 heavy (non-hydrogen) atoms. The molecule has 1 N–H and O–H groups in total. The number of carbonyl (C=O) groups excluding carboxylic acids is 1. The largest absolute Gasteiger partial charge is 0.444 e. The van der Waals surface area contributed by atoms with Crippen molar-refractivity contribution in [3.63, 3.8) is 0 Å². The van der Waals surface area contributed by atoms with Gasteiger partial charge in [0, 0.05) is 0 Å². The number of hydrogen-bond donors (Lipinski definition) is 1. The number of hydrogen-bond acceptors (Lipinski definition) is 4. The van der Waals surface area contributed by atoms with Crippen LogP contribution in [0.25, 0.3) is 0 Å². The maximum Gasteiger partial charge on any atom is 0.407 e. The third-order valence-corrected chi connectivity index (χ3v) is 2.57. The highest BCUT2D eigenvalue weighted by Gasteiger charge is 2.42. The molecule has 1 fully saturated rings. The predicted molar refractivity (Wildman–Crippen MR) is 65.8 cm³/mol. The normalized spacial score (nSPS) is 23.6. The minimum Gasteiger partial charge on any atom is -0.444 e. The first kappa shape index (κ1) is 14.3. The van der Waals surface area contributed by atoms with Crippen molar-refractivity contribution in [2.45, 2.75) is 52.6 Å². The Kier molecular flexibility index (Phi) is 4.77. The Morgan fingerprint density at radius 2 is 1.94 bits per heavy atom. The van der Waals surface area contributed by atoms with Gasteiger partial charge in [-0.3, -0.25) is 4.90 Å². The molecule has 1 heterocycles. The molecule has 100 valence electrons. The van der Waals surface area contributed by atoms with Gasteiger partial charge in [-0.05, 0) is 33.9 Å². The van der Waals surface area contributed by atoms with Crippen molar-refractivity contribution in [1.29, 1.82) is 0 Å². The van der Waals surface area contributed by atoms with Crippen LogP contribution >= 0.6 is 0 Å². The zero-order valence-corrected chi connectivity index (χ0v) is 11.4. The molecule has 5 heteroatoms. The van der Waals surface area contributed by atoms with E-state index in [0.29, 0.717) is 6.54 Å². The highest BCUT2D eigenvalue weighted by atomic mass is 16.6. The summed E-state index contributed by atoms with van der Waals surface area (Å²) >= 11 is 0. The number of carbonyl (C=O) groups is 1. The summed E-state index contributed by atoms with van der Waals surface area (Å²) in [4.78, 5) is 13.6. The van der Waals surface area contributed by atoms with E-state index in [2.05, 4.69) is 24.1 Å². The van der Waals surface area contributed by atoms with Crippen LogP contribution in [0.15, 0.2) is 0 Å². The summed E-state index contributed by atoms with van der Waals surface area (Å²) in [5.74, 6) is 0. The van der Waals surface area contributed by atoms with Crippen molar-refractivity contribution in [3.8, 4) is 0 Å². The molecule has 0 spiro atoms. The van der Waals surface area contributed by atoms with Gasteiger partial charge in [0.2, 0.25) is 0 Å². The summed E-state index contributed by atoms with van der Waals surface area (Å²) in [7, 11) is 0. The fraction of sp³-hybridized carbons (Fsp3) is 0.917. The van der Waals surface area contributed by atoms with E-state index in [1.165, 1.54) is 0 Å². The Labute approximate surface area is 103 Å². The first-order valence-corrected chi connectivity index (χ1v) is 6.23. The number of nitrogens with zero attached hydrogens (tertiary/aromatic N) is 1. The lowest BCUT2D eigenvalue weighted by atomic mass is 10.2. The number of amides is 1. The topological polar surface area (TPSA) is 54.1 Å². The second kappa shape index (κ2) is 5.69. The quantitative estimate of drug-likeness (QED) is 0.746. The summed E-state index contributed by atoms with van der Waals surface area (Å²) in [6.07, 6.45) is -0.131. The monoisotopic (exact) mass is 244 g/mol. The summed E-state index contributed by atoms with van der Waals surface area (Å²) < 4.78 is 10.6. The van der Waals surface area contributed by atoms with Crippen LogP contribution < -0.4 is 5.32 Å². The number of alkyl carbamates (subject to hydrolysis) is 1. The van der Waals surface area contributed by atoms with Crippen molar-refractivity contribution in [3.05, 3.63) is 0 Å². The second-order valence-electron chi connectivity index (χ2n) is 5.17. The highest BCUT2D eigenvalue weighted by molar-refractivity contribution is 5.67. The molecule has 2 unspecified atom stereocenters. The summed E-state index contributed by atoms with van der Waals surface area (Å²) in [5, 5.41) is 2.72. The Hall–Kier alpha value is -0.810. The van der Waals surface area contributed by atoms with Crippen molar-refractivity contribution >= 4 is 6.09 Å². The van der Waals surface area contributed by atoms with Crippen LogP contribution in [-0.4, -0.2) is 48.6 Å². The van der Waals surface area contributed by atoms with Crippen LogP contribution in [0.3, 0.4) is 0 Å². The minimum atomic E-state index is -0.452. The van der Waals surface area contributed by atoms with Gasteiger partial charge >= 0.3 is 6.09 Å². The fourth-order valence-electron chi connectivity index (χ4n) is 1.69. The van der Waals surface area contributed by atoms with E-state index in [-0.39, 0.29) is 18.4 Å². The van der Waals surface area contributed by atoms with Crippen LogP contribution in [0.4, 0.5) is 4.79 Å². The number of ether oxygens (including phenoxy) is 2. The van der Waals surface area contributed by atoms with Gasteiger partial charge in [0.25, 0.3) is 0 Å². The van der Waals surface area contributed by atoms with Gasteiger partial charge in [-0.1, -0.05) is 13.8 Å². The molecule has 0 bridgehead atoms. The van der Waals surface area contributed by atoms with Crippen molar-refractivity contribution < 1.29 is 14.3 Å². The molecule has 0 aromatic heterocycles. The zero-order chi connectivity index (χ0) is 13.1. The molecule has 1 amide bonds.